The first-order valence-electron chi connectivity index (χ1n) is 7.12. The van der Waals surface area contributed by atoms with Crippen LogP contribution in [-0.2, 0) is 11.3 Å². The molecule has 1 aromatic heterocycles. The summed E-state index contributed by atoms with van der Waals surface area (Å²) in [4.78, 5) is 4.09. The minimum absolute atomic E-state index is 0.162. The maximum atomic E-state index is 5.83. The van der Waals surface area contributed by atoms with Crippen LogP contribution in [0.5, 0.6) is 0 Å². The fourth-order valence-corrected chi connectivity index (χ4v) is 2.01. The molecular formula is C17H22N2O. The Hall–Kier alpha value is -1.71. The van der Waals surface area contributed by atoms with E-state index in [-0.39, 0.29) is 6.10 Å². The topological polar surface area (TPSA) is 34.1 Å². The van der Waals surface area contributed by atoms with Crippen molar-refractivity contribution in [1.82, 2.24) is 10.3 Å². The summed E-state index contributed by atoms with van der Waals surface area (Å²) in [5.74, 6) is 0. The van der Waals surface area contributed by atoms with Crippen LogP contribution in [0.1, 0.15) is 30.6 Å². The molecule has 0 aliphatic rings. The Morgan fingerprint density at radius 2 is 2.00 bits per heavy atom. The van der Waals surface area contributed by atoms with Gasteiger partial charge in [0.2, 0.25) is 0 Å². The summed E-state index contributed by atoms with van der Waals surface area (Å²) in [5.41, 5.74) is 2.45. The molecule has 0 amide bonds. The average Bonchev–Trinajstić information content (AvgIpc) is 2.52. The minimum Gasteiger partial charge on any atom is -0.374 e. The molecular weight excluding hydrogens is 248 g/mol. The lowest BCUT2D eigenvalue weighted by Gasteiger charge is -2.13. The van der Waals surface area contributed by atoms with Crippen LogP contribution in [0.4, 0.5) is 0 Å². The minimum atomic E-state index is 0.162. The van der Waals surface area contributed by atoms with Gasteiger partial charge in [-0.2, -0.15) is 0 Å². The van der Waals surface area contributed by atoms with Crippen molar-refractivity contribution in [3.63, 3.8) is 0 Å². The van der Waals surface area contributed by atoms with Crippen LogP contribution in [0, 0.1) is 0 Å². The van der Waals surface area contributed by atoms with Gasteiger partial charge in [-0.1, -0.05) is 36.4 Å². The van der Waals surface area contributed by atoms with Gasteiger partial charge in [-0.15, -0.1) is 0 Å². The van der Waals surface area contributed by atoms with Crippen molar-refractivity contribution in [2.24, 2.45) is 0 Å². The maximum Gasteiger partial charge on any atom is 0.0796 e. The molecule has 0 radical (unpaired) electrons. The van der Waals surface area contributed by atoms with Crippen molar-refractivity contribution in [2.45, 2.75) is 26.0 Å². The number of hydrogen-bond acceptors (Lipinski definition) is 3. The van der Waals surface area contributed by atoms with E-state index < -0.39 is 0 Å². The fourth-order valence-electron chi connectivity index (χ4n) is 2.01. The third-order valence-electron chi connectivity index (χ3n) is 3.19. The molecule has 0 saturated carbocycles. The van der Waals surface area contributed by atoms with Crippen LogP contribution in [0.2, 0.25) is 0 Å². The first kappa shape index (κ1) is 14.7. The van der Waals surface area contributed by atoms with Crippen LogP contribution in [0.25, 0.3) is 0 Å². The highest BCUT2D eigenvalue weighted by atomic mass is 16.5. The Balaban J connectivity index is 1.56. The number of nitrogens with zero attached hydrogens (tertiary/aromatic N) is 1. The summed E-state index contributed by atoms with van der Waals surface area (Å²) in [7, 11) is 0. The molecule has 1 aromatic carbocycles. The molecule has 0 saturated heterocycles. The number of benzene rings is 1. The first-order chi connectivity index (χ1) is 9.86. The van der Waals surface area contributed by atoms with Gasteiger partial charge in [-0.05, 0) is 37.1 Å². The van der Waals surface area contributed by atoms with Crippen molar-refractivity contribution < 1.29 is 4.74 Å². The van der Waals surface area contributed by atoms with Crippen LogP contribution in [-0.4, -0.2) is 18.1 Å². The zero-order valence-electron chi connectivity index (χ0n) is 12.0. The number of ether oxygens (including phenoxy) is 1. The monoisotopic (exact) mass is 270 g/mol. The van der Waals surface area contributed by atoms with Gasteiger partial charge in [-0.25, -0.2) is 0 Å². The SMILES string of the molecule is CC(OCCCNCc1cccnc1)c1ccccc1. The van der Waals surface area contributed by atoms with E-state index in [2.05, 4.69) is 35.4 Å². The molecule has 20 heavy (non-hydrogen) atoms. The van der Waals surface area contributed by atoms with Gasteiger partial charge in [0.05, 0.1) is 6.10 Å². The second kappa shape index (κ2) is 8.46. The van der Waals surface area contributed by atoms with Crippen molar-refractivity contribution >= 4 is 0 Å². The van der Waals surface area contributed by atoms with Gasteiger partial charge >= 0.3 is 0 Å². The Morgan fingerprint density at radius 3 is 2.75 bits per heavy atom. The summed E-state index contributed by atoms with van der Waals surface area (Å²) >= 11 is 0. The lowest BCUT2D eigenvalue weighted by molar-refractivity contribution is 0.0640. The summed E-state index contributed by atoms with van der Waals surface area (Å²) < 4.78 is 5.83. The summed E-state index contributed by atoms with van der Waals surface area (Å²) in [6.45, 7) is 4.69. The van der Waals surface area contributed by atoms with Crippen molar-refractivity contribution in [3.8, 4) is 0 Å². The van der Waals surface area contributed by atoms with E-state index in [0.717, 1.165) is 26.1 Å². The molecule has 1 heterocycles. The average molecular weight is 270 g/mol. The highest BCUT2D eigenvalue weighted by molar-refractivity contribution is 5.16. The molecule has 0 spiro atoms. The van der Waals surface area contributed by atoms with Crippen LogP contribution >= 0.6 is 0 Å². The van der Waals surface area contributed by atoms with Gasteiger partial charge in [0.15, 0.2) is 0 Å². The molecule has 0 bridgehead atoms. The van der Waals surface area contributed by atoms with Gasteiger partial charge in [0.25, 0.3) is 0 Å². The van der Waals surface area contributed by atoms with E-state index in [1.54, 1.807) is 6.20 Å². The van der Waals surface area contributed by atoms with E-state index in [1.807, 2.05) is 30.5 Å². The Morgan fingerprint density at radius 1 is 1.15 bits per heavy atom. The molecule has 3 nitrogen and oxygen atoms in total. The highest BCUT2D eigenvalue weighted by Crippen LogP contribution is 2.15. The van der Waals surface area contributed by atoms with Gasteiger partial charge < -0.3 is 10.1 Å². The van der Waals surface area contributed by atoms with Gasteiger partial charge in [0, 0.05) is 25.5 Å². The Kier molecular flexibility index (Phi) is 6.21. The normalized spacial score (nSPS) is 12.2. The first-order valence-corrected chi connectivity index (χ1v) is 7.12. The second-order valence-corrected chi connectivity index (χ2v) is 4.82. The van der Waals surface area contributed by atoms with Gasteiger partial charge in [-0.3, -0.25) is 4.98 Å². The second-order valence-electron chi connectivity index (χ2n) is 4.82. The van der Waals surface area contributed by atoms with Gasteiger partial charge in [0.1, 0.15) is 0 Å². The third-order valence-corrected chi connectivity index (χ3v) is 3.19. The zero-order chi connectivity index (χ0) is 14.0. The molecule has 0 fully saturated rings. The fraction of sp³-hybridized carbons (Fsp3) is 0.353. The molecule has 0 aliphatic carbocycles. The van der Waals surface area contributed by atoms with E-state index in [1.165, 1.54) is 11.1 Å². The largest absolute Gasteiger partial charge is 0.374 e. The van der Waals surface area contributed by atoms with Crippen LogP contribution in [0.15, 0.2) is 54.9 Å². The molecule has 1 unspecified atom stereocenters. The molecule has 2 aromatic rings. The van der Waals surface area contributed by atoms with Crippen molar-refractivity contribution in [3.05, 3.63) is 66.0 Å². The smallest absolute Gasteiger partial charge is 0.0796 e. The number of hydrogen-bond donors (Lipinski definition) is 1. The number of pyridine rings is 1. The van der Waals surface area contributed by atoms with E-state index in [4.69, 9.17) is 4.74 Å². The number of rotatable bonds is 8. The Labute approximate surface area is 121 Å². The number of nitrogens with one attached hydrogen (secondary N) is 1. The Bertz CT molecular complexity index is 473. The third kappa shape index (κ3) is 5.11. The van der Waals surface area contributed by atoms with E-state index in [9.17, 15) is 0 Å². The highest BCUT2D eigenvalue weighted by Gasteiger charge is 2.03. The maximum absolute atomic E-state index is 5.83. The standard InChI is InChI=1S/C17H22N2O/c1-15(17-8-3-2-4-9-17)20-12-6-11-19-14-16-7-5-10-18-13-16/h2-5,7-10,13,15,19H,6,11-12,14H2,1H3. The lowest BCUT2D eigenvalue weighted by Crippen LogP contribution is -2.16. The molecule has 2 rings (SSSR count). The van der Waals surface area contributed by atoms with Crippen LogP contribution in [0.3, 0.4) is 0 Å². The summed E-state index contributed by atoms with van der Waals surface area (Å²) in [5, 5.41) is 3.40. The molecule has 0 aliphatic heterocycles. The quantitative estimate of drug-likeness (QED) is 0.747. The molecule has 1 N–H and O–H groups in total. The predicted octanol–water partition coefficient (Wildman–Crippen LogP) is 3.34. The number of aromatic nitrogens is 1. The molecule has 3 heteroatoms. The zero-order valence-corrected chi connectivity index (χ0v) is 12.0. The summed E-state index contributed by atoms with van der Waals surface area (Å²) in [6, 6.07) is 14.4. The van der Waals surface area contributed by atoms with Crippen molar-refractivity contribution in [2.75, 3.05) is 13.2 Å². The predicted molar refractivity (Wildman–Crippen MR) is 81.4 cm³/mol. The molecule has 106 valence electrons. The van der Waals surface area contributed by atoms with E-state index in [0.29, 0.717) is 0 Å². The van der Waals surface area contributed by atoms with E-state index >= 15 is 0 Å². The lowest BCUT2D eigenvalue weighted by atomic mass is 10.1. The van der Waals surface area contributed by atoms with Crippen LogP contribution < -0.4 is 5.32 Å². The summed E-state index contributed by atoms with van der Waals surface area (Å²) in [6.07, 6.45) is 4.86. The van der Waals surface area contributed by atoms with Crippen molar-refractivity contribution in [1.29, 1.82) is 0 Å². The molecule has 1 atom stereocenters.